The van der Waals surface area contributed by atoms with Crippen LogP contribution >= 0.6 is 0 Å². The van der Waals surface area contributed by atoms with E-state index in [2.05, 4.69) is 37.4 Å². The number of benzene rings is 1. The van der Waals surface area contributed by atoms with Crippen LogP contribution in [-0.2, 0) is 11.2 Å². The summed E-state index contributed by atoms with van der Waals surface area (Å²) in [5.41, 5.74) is 1.48. The first-order valence-corrected chi connectivity index (χ1v) is 8.34. The minimum absolute atomic E-state index is 0.821. The predicted molar refractivity (Wildman–Crippen MR) is 87.6 cm³/mol. The molecule has 1 radical (unpaired) electrons. The van der Waals surface area contributed by atoms with Gasteiger partial charge in [0.05, 0.1) is 7.11 Å². The van der Waals surface area contributed by atoms with E-state index in [9.17, 15) is 0 Å². The Hall–Kier alpha value is -0.820. The zero-order chi connectivity index (χ0) is 14.3. The van der Waals surface area contributed by atoms with Gasteiger partial charge in [-0.2, -0.15) is 0 Å². The van der Waals surface area contributed by atoms with Gasteiger partial charge in [0.15, 0.2) is 0 Å². The van der Waals surface area contributed by atoms with Crippen LogP contribution in [0.15, 0.2) is 30.3 Å². The van der Waals surface area contributed by atoms with E-state index in [1.54, 1.807) is 0 Å². The molecule has 0 aromatic heterocycles. The smallest absolute Gasteiger partial charge is 0.0700 e. The van der Waals surface area contributed by atoms with E-state index in [-0.39, 0.29) is 0 Å². The fourth-order valence-corrected chi connectivity index (χ4v) is 2.59. The van der Waals surface area contributed by atoms with Gasteiger partial charge in [-0.15, -0.1) is 0 Å². The summed E-state index contributed by atoms with van der Waals surface area (Å²) in [5, 5.41) is 0. The Morgan fingerprint density at radius 1 is 0.650 bits per heavy atom. The highest BCUT2D eigenvalue weighted by atomic mass is 16.5. The molecule has 0 atom stereocenters. The topological polar surface area (TPSA) is 9.23 Å². The van der Waals surface area contributed by atoms with E-state index in [0.29, 0.717) is 0 Å². The van der Waals surface area contributed by atoms with Crippen LogP contribution in [0.1, 0.15) is 69.8 Å². The normalized spacial score (nSPS) is 10.8. The van der Waals surface area contributed by atoms with Gasteiger partial charge in [-0.3, -0.25) is 0 Å². The Kier molecular flexibility index (Phi) is 11.4. The van der Waals surface area contributed by atoms with E-state index in [4.69, 9.17) is 4.74 Å². The molecule has 0 fully saturated rings. The molecule has 0 heterocycles. The van der Waals surface area contributed by atoms with Crippen molar-refractivity contribution in [1.82, 2.24) is 0 Å². The number of ether oxygens (including phenoxy) is 1. The number of unbranched alkanes of at least 4 members (excludes halogenated alkanes) is 9. The summed E-state index contributed by atoms with van der Waals surface area (Å²) in [6, 6.07) is 10.8. The predicted octanol–water partition coefficient (Wildman–Crippen LogP) is 5.94. The zero-order valence-electron chi connectivity index (χ0n) is 13.0. The van der Waals surface area contributed by atoms with Crippen LogP contribution < -0.4 is 0 Å². The van der Waals surface area contributed by atoms with E-state index in [1.807, 2.05) is 0 Å². The van der Waals surface area contributed by atoms with Gasteiger partial charge in [0.25, 0.3) is 0 Å². The van der Waals surface area contributed by atoms with Gasteiger partial charge in [-0.1, -0.05) is 81.7 Å². The van der Waals surface area contributed by atoms with Crippen molar-refractivity contribution in [3.63, 3.8) is 0 Å². The molecule has 0 N–H and O–H groups in total. The second kappa shape index (κ2) is 13.2. The summed E-state index contributed by atoms with van der Waals surface area (Å²) in [4.78, 5) is 0. The van der Waals surface area contributed by atoms with Crippen LogP contribution in [0.3, 0.4) is 0 Å². The summed E-state index contributed by atoms with van der Waals surface area (Å²) >= 11 is 0. The monoisotopic (exact) mass is 275 g/mol. The molecule has 0 saturated carbocycles. The van der Waals surface area contributed by atoms with Crippen molar-refractivity contribution in [2.45, 2.75) is 70.6 Å². The summed E-state index contributed by atoms with van der Waals surface area (Å²) < 4.78 is 4.81. The quantitative estimate of drug-likeness (QED) is 0.405. The van der Waals surface area contributed by atoms with Crippen molar-refractivity contribution in [3.8, 4) is 0 Å². The Labute approximate surface area is 125 Å². The molecule has 20 heavy (non-hydrogen) atoms. The number of hydrogen-bond donors (Lipinski definition) is 0. The number of aryl methyl sites for hydroxylation is 1. The molecular weight excluding hydrogens is 244 g/mol. The van der Waals surface area contributed by atoms with Crippen LogP contribution in [0.4, 0.5) is 0 Å². The van der Waals surface area contributed by atoms with Crippen molar-refractivity contribution in [2.24, 2.45) is 0 Å². The van der Waals surface area contributed by atoms with Crippen LogP contribution in [-0.4, -0.2) is 6.61 Å². The molecule has 0 spiro atoms. The van der Waals surface area contributed by atoms with E-state index in [0.717, 1.165) is 6.61 Å². The number of hydrogen-bond acceptors (Lipinski definition) is 1. The standard InChI is InChI=1S/C19H31O/c1-20-18-14-9-7-5-3-2-4-6-8-11-15-19-16-12-10-13-17-19/h10,12-13,16-17H,1-9,11,14-15,18H2. The Morgan fingerprint density at radius 2 is 1.15 bits per heavy atom. The summed E-state index contributed by atoms with van der Waals surface area (Å²) in [6.45, 7) is 0.821. The van der Waals surface area contributed by atoms with E-state index in [1.165, 1.54) is 76.2 Å². The lowest BCUT2D eigenvalue weighted by molar-refractivity contribution is 0.233. The maximum Gasteiger partial charge on any atom is 0.0700 e. The first-order chi connectivity index (χ1) is 9.93. The minimum Gasteiger partial charge on any atom is -0.379 e. The molecule has 0 aliphatic rings. The Balaban J connectivity index is 1.77. The molecule has 1 aromatic rings. The Bertz CT molecular complexity index is 294. The third-order valence-corrected chi connectivity index (χ3v) is 3.85. The molecule has 0 amide bonds. The largest absolute Gasteiger partial charge is 0.379 e. The molecule has 0 unspecified atom stereocenters. The second-order valence-corrected chi connectivity index (χ2v) is 5.68. The van der Waals surface area contributed by atoms with E-state index >= 15 is 0 Å². The summed E-state index contributed by atoms with van der Waals surface area (Å²) in [7, 11) is 3.39. The molecule has 0 saturated heterocycles. The fourth-order valence-electron chi connectivity index (χ4n) is 2.59. The van der Waals surface area contributed by atoms with Crippen LogP contribution in [0.25, 0.3) is 0 Å². The van der Waals surface area contributed by atoms with Crippen molar-refractivity contribution in [1.29, 1.82) is 0 Å². The van der Waals surface area contributed by atoms with Gasteiger partial charge in [-0.05, 0) is 24.8 Å². The van der Waals surface area contributed by atoms with Crippen LogP contribution in [0.5, 0.6) is 0 Å². The maximum atomic E-state index is 4.81. The third-order valence-electron chi connectivity index (χ3n) is 3.85. The first-order valence-electron chi connectivity index (χ1n) is 8.34. The summed E-state index contributed by atoms with van der Waals surface area (Å²) in [5.74, 6) is 0. The van der Waals surface area contributed by atoms with Gasteiger partial charge in [-0.25, -0.2) is 0 Å². The third kappa shape index (κ3) is 10.0. The maximum absolute atomic E-state index is 4.81. The lowest BCUT2D eigenvalue weighted by Gasteiger charge is -2.03. The van der Waals surface area contributed by atoms with Crippen molar-refractivity contribution in [2.75, 3.05) is 6.61 Å². The number of rotatable bonds is 13. The first kappa shape index (κ1) is 17.2. The average molecular weight is 275 g/mol. The highest BCUT2D eigenvalue weighted by molar-refractivity contribution is 5.14. The van der Waals surface area contributed by atoms with E-state index < -0.39 is 0 Å². The molecule has 1 heteroatoms. The van der Waals surface area contributed by atoms with Gasteiger partial charge in [0, 0.05) is 6.61 Å². The highest BCUT2D eigenvalue weighted by Gasteiger charge is 1.94. The molecule has 0 aliphatic carbocycles. The lowest BCUT2D eigenvalue weighted by Crippen LogP contribution is -1.87. The zero-order valence-corrected chi connectivity index (χ0v) is 13.0. The van der Waals surface area contributed by atoms with Crippen LogP contribution in [0, 0.1) is 7.11 Å². The average Bonchev–Trinajstić information content (AvgIpc) is 2.49. The molecule has 0 aliphatic heterocycles. The molecule has 113 valence electrons. The minimum atomic E-state index is 0.821. The van der Waals surface area contributed by atoms with Crippen LogP contribution in [0.2, 0.25) is 0 Å². The van der Waals surface area contributed by atoms with Crippen molar-refractivity contribution >= 4 is 0 Å². The molecule has 0 bridgehead atoms. The second-order valence-electron chi connectivity index (χ2n) is 5.68. The Morgan fingerprint density at radius 3 is 1.70 bits per heavy atom. The van der Waals surface area contributed by atoms with Crippen molar-refractivity contribution < 1.29 is 4.74 Å². The van der Waals surface area contributed by atoms with Gasteiger partial charge in [0.2, 0.25) is 0 Å². The van der Waals surface area contributed by atoms with Gasteiger partial charge < -0.3 is 4.74 Å². The lowest BCUT2D eigenvalue weighted by atomic mass is 10.0. The molecule has 1 nitrogen and oxygen atoms in total. The molecule has 1 aromatic carbocycles. The molecular formula is C19H31O. The SMILES string of the molecule is [CH2]OCCCCCCCCCCCCc1ccccc1. The summed E-state index contributed by atoms with van der Waals surface area (Å²) in [6.07, 6.45) is 14.8. The van der Waals surface area contributed by atoms with Gasteiger partial charge >= 0.3 is 0 Å². The van der Waals surface area contributed by atoms with Gasteiger partial charge in [0.1, 0.15) is 0 Å². The fraction of sp³-hybridized carbons (Fsp3) is 0.632. The molecule has 1 rings (SSSR count). The highest BCUT2D eigenvalue weighted by Crippen LogP contribution is 2.12. The van der Waals surface area contributed by atoms with Crippen molar-refractivity contribution in [3.05, 3.63) is 43.0 Å².